The normalized spacial score (nSPS) is 11.3. The van der Waals surface area contributed by atoms with Gasteiger partial charge < -0.3 is 14.6 Å². The number of hydrogen-bond acceptors (Lipinski definition) is 4. The fourth-order valence-electron chi connectivity index (χ4n) is 2.57. The van der Waals surface area contributed by atoms with Crippen LogP contribution in [0.2, 0.25) is 0 Å². The lowest BCUT2D eigenvalue weighted by molar-refractivity contribution is 0.211. The molecule has 20 heavy (non-hydrogen) atoms. The lowest BCUT2D eigenvalue weighted by Crippen LogP contribution is -2.07. The Kier molecular flexibility index (Phi) is 4.83. The van der Waals surface area contributed by atoms with Crippen molar-refractivity contribution in [3.05, 3.63) is 22.8 Å². The Labute approximate surface area is 124 Å². The molecule has 2 heterocycles. The molecule has 1 N–H and O–H groups in total. The molecule has 0 aromatic carbocycles. The first-order valence-corrected chi connectivity index (χ1v) is 7.79. The standard InChI is InChI=1S/C15H23N3OS/c1-10(2)18-11(3)8-13(12(18)4)14-9-20-15(17-14)16-6-7-19-5/h8-10H,6-7H2,1-5H3,(H,16,17). The summed E-state index contributed by atoms with van der Waals surface area (Å²) in [6.07, 6.45) is 0. The van der Waals surface area contributed by atoms with E-state index in [4.69, 9.17) is 4.74 Å². The fourth-order valence-corrected chi connectivity index (χ4v) is 3.31. The number of anilines is 1. The molecule has 4 nitrogen and oxygen atoms in total. The maximum atomic E-state index is 5.03. The molecule has 0 fully saturated rings. The van der Waals surface area contributed by atoms with Crippen molar-refractivity contribution in [2.75, 3.05) is 25.6 Å². The summed E-state index contributed by atoms with van der Waals surface area (Å²) in [5.41, 5.74) is 4.85. The molecular formula is C15H23N3OS. The van der Waals surface area contributed by atoms with E-state index >= 15 is 0 Å². The summed E-state index contributed by atoms with van der Waals surface area (Å²) < 4.78 is 7.38. The van der Waals surface area contributed by atoms with Crippen LogP contribution in [-0.2, 0) is 4.74 Å². The Morgan fingerprint density at radius 3 is 2.75 bits per heavy atom. The van der Waals surface area contributed by atoms with Crippen LogP contribution in [0, 0.1) is 13.8 Å². The van der Waals surface area contributed by atoms with Gasteiger partial charge in [0, 0.05) is 42.0 Å². The average molecular weight is 293 g/mol. The monoisotopic (exact) mass is 293 g/mol. The summed E-state index contributed by atoms with van der Waals surface area (Å²) in [4.78, 5) is 4.67. The van der Waals surface area contributed by atoms with Crippen LogP contribution in [-0.4, -0.2) is 29.8 Å². The number of nitrogens with one attached hydrogen (secondary N) is 1. The molecule has 110 valence electrons. The maximum Gasteiger partial charge on any atom is 0.183 e. The molecule has 0 radical (unpaired) electrons. The van der Waals surface area contributed by atoms with Gasteiger partial charge in [0.2, 0.25) is 0 Å². The van der Waals surface area contributed by atoms with Gasteiger partial charge in [0.25, 0.3) is 0 Å². The van der Waals surface area contributed by atoms with Crippen LogP contribution in [0.1, 0.15) is 31.3 Å². The molecule has 5 heteroatoms. The van der Waals surface area contributed by atoms with Gasteiger partial charge in [-0.1, -0.05) is 0 Å². The second-order valence-electron chi connectivity index (χ2n) is 5.21. The highest BCUT2D eigenvalue weighted by molar-refractivity contribution is 7.14. The minimum absolute atomic E-state index is 0.474. The number of nitrogens with zero attached hydrogens (tertiary/aromatic N) is 2. The van der Waals surface area contributed by atoms with E-state index in [0.29, 0.717) is 12.6 Å². The van der Waals surface area contributed by atoms with E-state index < -0.39 is 0 Å². The van der Waals surface area contributed by atoms with Crippen LogP contribution in [0.4, 0.5) is 5.13 Å². The molecule has 0 spiro atoms. The molecular weight excluding hydrogens is 270 g/mol. The van der Waals surface area contributed by atoms with Crippen molar-refractivity contribution in [2.24, 2.45) is 0 Å². The average Bonchev–Trinajstić information content (AvgIpc) is 2.94. The lowest BCUT2D eigenvalue weighted by Gasteiger charge is -2.13. The van der Waals surface area contributed by atoms with Gasteiger partial charge in [-0.05, 0) is 33.8 Å². The maximum absolute atomic E-state index is 5.03. The number of methoxy groups -OCH3 is 1. The van der Waals surface area contributed by atoms with Gasteiger partial charge in [-0.15, -0.1) is 11.3 Å². The third-order valence-electron chi connectivity index (χ3n) is 3.36. The molecule has 2 rings (SSSR count). The summed E-state index contributed by atoms with van der Waals surface area (Å²) >= 11 is 1.64. The molecule has 0 saturated carbocycles. The van der Waals surface area contributed by atoms with Crippen molar-refractivity contribution in [2.45, 2.75) is 33.7 Å². The van der Waals surface area contributed by atoms with Gasteiger partial charge in [-0.2, -0.15) is 0 Å². The molecule has 0 saturated heterocycles. The summed E-state index contributed by atoms with van der Waals surface area (Å²) in [5.74, 6) is 0. The Morgan fingerprint density at radius 2 is 2.15 bits per heavy atom. The Morgan fingerprint density at radius 1 is 1.40 bits per heavy atom. The summed E-state index contributed by atoms with van der Waals surface area (Å²) in [5, 5.41) is 6.34. The SMILES string of the molecule is COCCNc1nc(-c2cc(C)n(C(C)C)c2C)cs1. The summed E-state index contributed by atoms with van der Waals surface area (Å²) in [7, 11) is 1.70. The molecule has 0 unspecified atom stereocenters. The Balaban J connectivity index is 2.22. The van der Waals surface area contributed by atoms with Crippen LogP contribution >= 0.6 is 11.3 Å². The lowest BCUT2D eigenvalue weighted by atomic mass is 10.2. The van der Waals surface area contributed by atoms with E-state index in [1.807, 2.05) is 0 Å². The van der Waals surface area contributed by atoms with Crippen molar-refractivity contribution < 1.29 is 4.74 Å². The van der Waals surface area contributed by atoms with Crippen LogP contribution in [0.15, 0.2) is 11.4 Å². The van der Waals surface area contributed by atoms with E-state index in [-0.39, 0.29) is 0 Å². The van der Waals surface area contributed by atoms with Crippen LogP contribution in [0.3, 0.4) is 0 Å². The van der Waals surface area contributed by atoms with Crippen molar-refractivity contribution in [3.8, 4) is 11.3 Å². The van der Waals surface area contributed by atoms with Crippen molar-refractivity contribution >= 4 is 16.5 Å². The van der Waals surface area contributed by atoms with Crippen molar-refractivity contribution in [3.63, 3.8) is 0 Å². The third-order valence-corrected chi connectivity index (χ3v) is 4.16. The quantitative estimate of drug-likeness (QED) is 0.822. The molecule has 0 aliphatic rings. The minimum atomic E-state index is 0.474. The van der Waals surface area contributed by atoms with Gasteiger partial charge in [0.15, 0.2) is 5.13 Å². The summed E-state index contributed by atoms with van der Waals surface area (Å²) in [6.45, 7) is 10.2. The molecule has 0 amide bonds. The first-order valence-electron chi connectivity index (χ1n) is 6.91. The topological polar surface area (TPSA) is 39.1 Å². The van der Waals surface area contributed by atoms with Crippen LogP contribution < -0.4 is 5.32 Å². The van der Waals surface area contributed by atoms with Gasteiger partial charge in [0.1, 0.15) is 0 Å². The predicted octanol–water partition coefficient (Wildman–Crippen LogP) is 3.87. The second kappa shape index (κ2) is 6.41. The highest BCUT2D eigenvalue weighted by Gasteiger charge is 2.15. The van der Waals surface area contributed by atoms with Crippen molar-refractivity contribution in [1.29, 1.82) is 0 Å². The molecule has 0 bridgehead atoms. The van der Waals surface area contributed by atoms with Crippen LogP contribution in [0.5, 0.6) is 0 Å². The minimum Gasteiger partial charge on any atom is -0.383 e. The van der Waals surface area contributed by atoms with E-state index in [1.165, 1.54) is 17.0 Å². The van der Waals surface area contributed by atoms with Gasteiger partial charge in [-0.3, -0.25) is 0 Å². The van der Waals surface area contributed by atoms with Crippen LogP contribution in [0.25, 0.3) is 11.3 Å². The number of aromatic nitrogens is 2. The smallest absolute Gasteiger partial charge is 0.183 e. The molecule has 0 aliphatic heterocycles. The number of rotatable bonds is 6. The second-order valence-corrected chi connectivity index (χ2v) is 6.06. The number of thiazole rings is 1. The first kappa shape index (κ1) is 15.1. The Hall–Kier alpha value is -1.33. The highest BCUT2D eigenvalue weighted by Crippen LogP contribution is 2.31. The number of aryl methyl sites for hydroxylation is 1. The zero-order chi connectivity index (χ0) is 14.7. The molecule has 0 atom stereocenters. The number of ether oxygens (including phenoxy) is 1. The molecule has 0 aliphatic carbocycles. The molecule has 2 aromatic rings. The van der Waals surface area contributed by atoms with Gasteiger partial charge in [0.05, 0.1) is 12.3 Å². The predicted molar refractivity (Wildman–Crippen MR) is 85.8 cm³/mol. The van der Waals surface area contributed by atoms with E-state index in [0.717, 1.165) is 17.4 Å². The highest BCUT2D eigenvalue weighted by atomic mass is 32.1. The van der Waals surface area contributed by atoms with Gasteiger partial charge in [-0.25, -0.2) is 4.98 Å². The molecule has 2 aromatic heterocycles. The summed E-state index contributed by atoms with van der Waals surface area (Å²) in [6, 6.07) is 2.70. The zero-order valence-electron chi connectivity index (χ0n) is 12.9. The van der Waals surface area contributed by atoms with E-state index in [2.05, 4.69) is 54.0 Å². The van der Waals surface area contributed by atoms with Gasteiger partial charge >= 0.3 is 0 Å². The first-order chi connectivity index (χ1) is 9.54. The fraction of sp³-hybridized carbons (Fsp3) is 0.533. The zero-order valence-corrected chi connectivity index (χ0v) is 13.7. The largest absolute Gasteiger partial charge is 0.383 e. The van der Waals surface area contributed by atoms with E-state index in [9.17, 15) is 0 Å². The Bertz CT molecular complexity index is 572. The van der Waals surface area contributed by atoms with Crippen molar-refractivity contribution in [1.82, 2.24) is 9.55 Å². The van der Waals surface area contributed by atoms with E-state index in [1.54, 1.807) is 18.4 Å². The number of hydrogen-bond donors (Lipinski definition) is 1. The third kappa shape index (κ3) is 3.04.